The molecule has 120 valence electrons. The van der Waals surface area contributed by atoms with Gasteiger partial charge in [0, 0.05) is 49.8 Å². The van der Waals surface area contributed by atoms with Crippen molar-refractivity contribution in [2.24, 2.45) is 0 Å². The molecule has 1 N–H and O–H groups in total. The summed E-state index contributed by atoms with van der Waals surface area (Å²) in [7, 11) is 0. The van der Waals surface area contributed by atoms with Crippen LogP contribution in [0, 0.1) is 0 Å². The minimum absolute atomic E-state index is 0.469. The quantitative estimate of drug-likeness (QED) is 0.862. The number of nitrogens with zero attached hydrogens (tertiary/aromatic N) is 2. The molecule has 2 aliphatic carbocycles. The van der Waals surface area contributed by atoms with Crippen molar-refractivity contribution in [3.05, 3.63) is 0 Å². The first-order valence-corrected chi connectivity index (χ1v) is 9.54. The fraction of sp³-hybridized carbons (Fsp3) is 1.00. The van der Waals surface area contributed by atoms with Gasteiger partial charge in [-0.1, -0.05) is 26.2 Å². The monoisotopic (exact) mass is 291 g/mol. The van der Waals surface area contributed by atoms with E-state index in [2.05, 4.69) is 22.0 Å². The molecule has 0 aromatic rings. The van der Waals surface area contributed by atoms with Crippen molar-refractivity contribution in [3.8, 4) is 0 Å². The first kappa shape index (κ1) is 14.5. The first-order chi connectivity index (χ1) is 10.3. The summed E-state index contributed by atoms with van der Waals surface area (Å²) in [5.41, 5.74) is 0.469. The number of hydrogen-bond donors (Lipinski definition) is 1. The lowest BCUT2D eigenvalue weighted by atomic mass is 9.78. The molecule has 0 bridgehead atoms. The van der Waals surface area contributed by atoms with E-state index in [1.807, 2.05) is 0 Å². The average Bonchev–Trinajstić information content (AvgIpc) is 3.26. The molecule has 0 amide bonds. The van der Waals surface area contributed by atoms with Gasteiger partial charge in [0.25, 0.3) is 0 Å². The highest BCUT2D eigenvalue weighted by atomic mass is 15.3. The second-order valence-electron chi connectivity index (χ2n) is 8.12. The lowest BCUT2D eigenvalue weighted by molar-refractivity contribution is 0.0246. The zero-order chi connectivity index (χ0) is 14.3. The van der Waals surface area contributed by atoms with E-state index in [9.17, 15) is 0 Å². The third-order valence-electron chi connectivity index (χ3n) is 6.68. The zero-order valence-corrected chi connectivity index (χ0v) is 13.8. The molecule has 4 rings (SSSR count). The van der Waals surface area contributed by atoms with Gasteiger partial charge in [0.2, 0.25) is 0 Å². The van der Waals surface area contributed by atoms with Gasteiger partial charge in [-0.25, -0.2) is 0 Å². The Morgan fingerprint density at radius 2 is 1.86 bits per heavy atom. The van der Waals surface area contributed by atoms with Crippen LogP contribution in [0.5, 0.6) is 0 Å². The van der Waals surface area contributed by atoms with Crippen molar-refractivity contribution < 1.29 is 0 Å². The normalized spacial score (nSPS) is 38.1. The van der Waals surface area contributed by atoms with E-state index in [0.717, 1.165) is 18.1 Å². The van der Waals surface area contributed by atoms with Crippen LogP contribution < -0.4 is 5.32 Å². The molecule has 2 aliphatic heterocycles. The summed E-state index contributed by atoms with van der Waals surface area (Å²) in [4.78, 5) is 5.72. The van der Waals surface area contributed by atoms with Crippen LogP contribution in [0.4, 0.5) is 0 Å². The van der Waals surface area contributed by atoms with Crippen LogP contribution in [-0.2, 0) is 0 Å². The summed E-state index contributed by atoms with van der Waals surface area (Å²) in [5.74, 6) is 0. The third kappa shape index (κ3) is 2.89. The van der Waals surface area contributed by atoms with E-state index in [0.29, 0.717) is 5.54 Å². The molecular formula is C18H33N3. The number of piperazine rings is 1. The van der Waals surface area contributed by atoms with E-state index in [-0.39, 0.29) is 0 Å². The number of nitrogens with one attached hydrogen (secondary N) is 1. The molecule has 2 heterocycles. The van der Waals surface area contributed by atoms with Gasteiger partial charge >= 0.3 is 0 Å². The minimum Gasteiger partial charge on any atom is -0.308 e. The highest BCUT2D eigenvalue weighted by molar-refractivity contribution is 5.03. The van der Waals surface area contributed by atoms with Crippen LogP contribution in [0.15, 0.2) is 0 Å². The summed E-state index contributed by atoms with van der Waals surface area (Å²) >= 11 is 0. The molecule has 2 unspecified atom stereocenters. The van der Waals surface area contributed by atoms with E-state index in [1.54, 1.807) is 0 Å². The van der Waals surface area contributed by atoms with Crippen molar-refractivity contribution >= 4 is 0 Å². The summed E-state index contributed by atoms with van der Waals surface area (Å²) in [6, 6.07) is 2.58. The zero-order valence-electron chi connectivity index (χ0n) is 13.8. The Balaban J connectivity index is 1.44. The van der Waals surface area contributed by atoms with Gasteiger partial charge in [-0.15, -0.1) is 0 Å². The molecule has 21 heavy (non-hydrogen) atoms. The molecule has 1 spiro atoms. The Labute approximate surface area is 130 Å². The molecule has 2 atom stereocenters. The molecule has 2 saturated heterocycles. The summed E-state index contributed by atoms with van der Waals surface area (Å²) in [6.07, 6.45) is 12.8. The van der Waals surface area contributed by atoms with Crippen molar-refractivity contribution in [1.29, 1.82) is 0 Å². The first-order valence-electron chi connectivity index (χ1n) is 9.54. The van der Waals surface area contributed by atoms with Gasteiger partial charge in [0.1, 0.15) is 0 Å². The SMILES string of the molecule is CCC1CNC2(CCCCC2)CN1C1CCN(C2CC2)C1. The van der Waals surface area contributed by atoms with Gasteiger partial charge in [0.05, 0.1) is 0 Å². The Bertz CT molecular complexity index is 359. The molecule has 3 heteroatoms. The van der Waals surface area contributed by atoms with Crippen molar-refractivity contribution in [2.75, 3.05) is 26.2 Å². The Morgan fingerprint density at radius 3 is 2.57 bits per heavy atom. The summed E-state index contributed by atoms with van der Waals surface area (Å²) < 4.78 is 0. The molecule has 0 radical (unpaired) electrons. The van der Waals surface area contributed by atoms with E-state index in [4.69, 9.17) is 0 Å². The predicted octanol–water partition coefficient (Wildman–Crippen LogP) is 2.61. The maximum Gasteiger partial charge on any atom is 0.0309 e. The largest absolute Gasteiger partial charge is 0.308 e. The Morgan fingerprint density at radius 1 is 1.05 bits per heavy atom. The van der Waals surface area contributed by atoms with Crippen molar-refractivity contribution in [2.45, 2.75) is 88.4 Å². The lowest BCUT2D eigenvalue weighted by Gasteiger charge is -2.51. The summed E-state index contributed by atoms with van der Waals surface area (Å²) in [5, 5.41) is 3.98. The van der Waals surface area contributed by atoms with Gasteiger partial charge in [-0.3, -0.25) is 9.80 Å². The van der Waals surface area contributed by atoms with Crippen LogP contribution in [-0.4, -0.2) is 59.6 Å². The Hall–Kier alpha value is -0.120. The number of likely N-dealkylation sites (tertiary alicyclic amines) is 1. The number of hydrogen-bond acceptors (Lipinski definition) is 3. The predicted molar refractivity (Wildman–Crippen MR) is 87.6 cm³/mol. The fourth-order valence-electron chi connectivity index (χ4n) is 5.17. The highest BCUT2D eigenvalue weighted by Crippen LogP contribution is 2.36. The Kier molecular flexibility index (Phi) is 4.01. The molecule has 0 aromatic heterocycles. The van der Waals surface area contributed by atoms with Gasteiger partial charge in [-0.05, 0) is 38.5 Å². The van der Waals surface area contributed by atoms with Crippen LogP contribution in [0.1, 0.15) is 64.7 Å². The third-order valence-corrected chi connectivity index (χ3v) is 6.68. The smallest absolute Gasteiger partial charge is 0.0309 e. The second-order valence-corrected chi connectivity index (χ2v) is 8.12. The van der Waals surface area contributed by atoms with Crippen LogP contribution in [0.3, 0.4) is 0 Å². The van der Waals surface area contributed by atoms with E-state index in [1.165, 1.54) is 84.0 Å². The fourth-order valence-corrected chi connectivity index (χ4v) is 5.17. The second kappa shape index (κ2) is 5.82. The summed E-state index contributed by atoms with van der Waals surface area (Å²) in [6.45, 7) is 7.66. The molecule has 4 aliphatic rings. The average molecular weight is 291 g/mol. The number of rotatable bonds is 3. The van der Waals surface area contributed by atoms with Crippen molar-refractivity contribution in [1.82, 2.24) is 15.1 Å². The van der Waals surface area contributed by atoms with Gasteiger partial charge in [0.15, 0.2) is 0 Å². The van der Waals surface area contributed by atoms with Gasteiger partial charge in [-0.2, -0.15) is 0 Å². The van der Waals surface area contributed by atoms with Crippen molar-refractivity contribution in [3.63, 3.8) is 0 Å². The molecule has 3 nitrogen and oxygen atoms in total. The van der Waals surface area contributed by atoms with E-state index < -0.39 is 0 Å². The van der Waals surface area contributed by atoms with Gasteiger partial charge < -0.3 is 5.32 Å². The van der Waals surface area contributed by atoms with E-state index >= 15 is 0 Å². The van der Waals surface area contributed by atoms with Crippen LogP contribution >= 0.6 is 0 Å². The molecular weight excluding hydrogens is 258 g/mol. The maximum absolute atomic E-state index is 3.98. The molecule has 4 fully saturated rings. The standard InChI is InChI=1S/C18H33N3/c1-2-15-12-19-18(9-4-3-5-10-18)14-21(15)17-8-11-20(13-17)16-6-7-16/h15-17,19H,2-14H2,1H3. The highest BCUT2D eigenvalue weighted by Gasteiger charge is 2.44. The molecule has 2 saturated carbocycles. The topological polar surface area (TPSA) is 18.5 Å². The van der Waals surface area contributed by atoms with Crippen LogP contribution in [0.2, 0.25) is 0 Å². The maximum atomic E-state index is 3.98. The minimum atomic E-state index is 0.469. The lowest BCUT2D eigenvalue weighted by Crippen LogP contribution is -2.66. The van der Waals surface area contributed by atoms with Crippen LogP contribution in [0.25, 0.3) is 0 Å². The molecule has 0 aromatic carbocycles.